The molecule has 0 saturated carbocycles. The predicted molar refractivity (Wildman–Crippen MR) is 61.1 cm³/mol. The van der Waals surface area contributed by atoms with Crippen LogP contribution >= 0.6 is 11.6 Å². The van der Waals surface area contributed by atoms with Crippen molar-refractivity contribution in [2.24, 2.45) is 0 Å². The first kappa shape index (κ1) is 11.3. The number of nitrogens with zero attached hydrogens (tertiary/aromatic N) is 2. The molecule has 0 saturated heterocycles. The van der Waals surface area contributed by atoms with Gasteiger partial charge in [0.05, 0.1) is 6.20 Å². The summed E-state index contributed by atoms with van der Waals surface area (Å²) in [6, 6.07) is 6.06. The molecule has 5 nitrogen and oxygen atoms in total. The molecule has 1 aromatic carbocycles. The average molecular weight is 251 g/mol. The molecule has 2 aromatic rings. The Morgan fingerprint density at radius 3 is 2.47 bits per heavy atom. The van der Waals surface area contributed by atoms with Crippen LogP contribution < -0.4 is 0 Å². The fourth-order valence-electron chi connectivity index (χ4n) is 1.43. The van der Waals surface area contributed by atoms with Crippen molar-refractivity contribution in [3.63, 3.8) is 0 Å². The normalized spacial score (nSPS) is 10.2. The summed E-state index contributed by atoms with van der Waals surface area (Å²) in [6.45, 7) is 0. The van der Waals surface area contributed by atoms with Gasteiger partial charge in [-0.05, 0) is 17.7 Å². The summed E-state index contributed by atoms with van der Waals surface area (Å²) >= 11 is 5.70. The zero-order valence-electron chi connectivity index (χ0n) is 8.46. The Morgan fingerprint density at radius 2 is 1.88 bits per heavy atom. The Kier molecular flexibility index (Phi) is 2.93. The van der Waals surface area contributed by atoms with Gasteiger partial charge in [0.1, 0.15) is 11.3 Å². The summed E-state index contributed by atoms with van der Waals surface area (Å²) in [6.07, 6.45) is 1.32. The molecular formula is C11H7ClN2O3. The molecule has 17 heavy (non-hydrogen) atoms. The number of phenolic OH excluding ortho intramolecular Hbond substituents is 1. The Balaban J connectivity index is 2.63. The molecule has 0 radical (unpaired) electrons. The highest BCUT2D eigenvalue weighted by atomic mass is 35.5. The second-order valence-electron chi connectivity index (χ2n) is 3.28. The zero-order chi connectivity index (χ0) is 12.4. The smallest absolute Gasteiger partial charge is 0.339 e. The third kappa shape index (κ3) is 2.19. The van der Waals surface area contributed by atoms with Crippen molar-refractivity contribution in [2.75, 3.05) is 0 Å². The van der Waals surface area contributed by atoms with E-state index in [1.165, 1.54) is 18.3 Å². The van der Waals surface area contributed by atoms with Gasteiger partial charge in [0.15, 0.2) is 5.15 Å². The number of halogens is 1. The standard InChI is InChI=1S/C11H7ClN2O3/c12-10-9(11(16)17)8(5-13-14-10)6-1-3-7(15)4-2-6/h1-5,15H,(H,16,17). The maximum atomic E-state index is 11.1. The summed E-state index contributed by atoms with van der Waals surface area (Å²) in [5, 5.41) is 25.2. The predicted octanol–water partition coefficient (Wildman–Crippen LogP) is 2.20. The van der Waals surface area contributed by atoms with Crippen LogP contribution in [0.4, 0.5) is 0 Å². The van der Waals surface area contributed by atoms with Gasteiger partial charge in [-0.1, -0.05) is 23.7 Å². The second kappa shape index (κ2) is 4.39. The topological polar surface area (TPSA) is 83.3 Å². The SMILES string of the molecule is O=C(O)c1c(-c2ccc(O)cc2)cnnc1Cl. The summed E-state index contributed by atoms with van der Waals surface area (Å²) in [5.41, 5.74) is 0.849. The number of aromatic hydroxyl groups is 1. The number of carboxylic acids is 1. The molecule has 0 bridgehead atoms. The van der Waals surface area contributed by atoms with E-state index >= 15 is 0 Å². The fraction of sp³-hybridized carbons (Fsp3) is 0. The van der Waals surface area contributed by atoms with Crippen molar-refractivity contribution >= 4 is 17.6 Å². The molecule has 0 spiro atoms. The maximum Gasteiger partial charge on any atom is 0.339 e. The van der Waals surface area contributed by atoms with Crippen LogP contribution in [-0.4, -0.2) is 26.4 Å². The number of hydrogen-bond donors (Lipinski definition) is 2. The Hall–Kier alpha value is -2.14. The molecule has 0 atom stereocenters. The van der Waals surface area contributed by atoms with Gasteiger partial charge in [-0.3, -0.25) is 0 Å². The van der Waals surface area contributed by atoms with Crippen LogP contribution in [0.25, 0.3) is 11.1 Å². The minimum Gasteiger partial charge on any atom is -0.508 e. The van der Waals surface area contributed by atoms with E-state index in [1.54, 1.807) is 12.1 Å². The molecular weight excluding hydrogens is 244 g/mol. The minimum absolute atomic E-state index is 0.0961. The van der Waals surface area contributed by atoms with Crippen molar-refractivity contribution in [3.8, 4) is 16.9 Å². The van der Waals surface area contributed by atoms with Gasteiger partial charge in [-0.25, -0.2) is 4.79 Å². The number of phenols is 1. The van der Waals surface area contributed by atoms with E-state index < -0.39 is 5.97 Å². The third-order valence-electron chi connectivity index (χ3n) is 2.20. The molecule has 2 N–H and O–H groups in total. The number of aromatic carboxylic acids is 1. The number of benzene rings is 1. The number of rotatable bonds is 2. The van der Waals surface area contributed by atoms with Gasteiger partial charge >= 0.3 is 5.97 Å². The van der Waals surface area contributed by atoms with Crippen LogP contribution in [0.15, 0.2) is 30.5 Å². The lowest BCUT2D eigenvalue weighted by Gasteiger charge is -2.06. The Morgan fingerprint density at radius 1 is 1.24 bits per heavy atom. The molecule has 6 heteroatoms. The van der Waals surface area contributed by atoms with E-state index in [-0.39, 0.29) is 16.5 Å². The quantitative estimate of drug-likeness (QED) is 0.854. The van der Waals surface area contributed by atoms with Gasteiger partial charge in [0, 0.05) is 5.56 Å². The molecule has 0 unspecified atom stereocenters. The van der Waals surface area contributed by atoms with E-state index in [2.05, 4.69) is 10.2 Å². The zero-order valence-corrected chi connectivity index (χ0v) is 9.22. The fourth-order valence-corrected chi connectivity index (χ4v) is 1.65. The highest BCUT2D eigenvalue weighted by Gasteiger charge is 2.17. The monoisotopic (exact) mass is 250 g/mol. The summed E-state index contributed by atoms with van der Waals surface area (Å²) in [5.74, 6) is -1.08. The Labute approximate surface area is 101 Å². The summed E-state index contributed by atoms with van der Waals surface area (Å²) in [4.78, 5) is 11.1. The van der Waals surface area contributed by atoms with Crippen molar-refractivity contribution in [1.82, 2.24) is 10.2 Å². The van der Waals surface area contributed by atoms with E-state index in [0.717, 1.165) is 0 Å². The number of hydrogen-bond acceptors (Lipinski definition) is 4. The molecule has 2 rings (SSSR count). The van der Waals surface area contributed by atoms with Gasteiger partial charge in [0.25, 0.3) is 0 Å². The molecule has 0 aliphatic heterocycles. The third-order valence-corrected chi connectivity index (χ3v) is 2.46. The minimum atomic E-state index is -1.17. The maximum absolute atomic E-state index is 11.1. The summed E-state index contributed by atoms with van der Waals surface area (Å²) < 4.78 is 0. The molecule has 0 fully saturated rings. The van der Waals surface area contributed by atoms with Crippen LogP contribution in [-0.2, 0) is 0 Å². The lowest BCUT2D eigenvalue weighted by atomic mass is 10.0. The molecule has 1 aromatic heterocycles. The largest absolute Gasteiger partial charge is 0.508 e. The first-order valence-electron chi connectivity index (χ1n) is 4.63. The second-order valence-corrected chi connectivity index (χ2v) is 3.63. The average Bonchev–Trinajstić information content (AvgIpc) is 2.29. The lowest BCUT2D eigenvalue weighted by Crippen LogP contribution is -2.03. The number of carbonyl (C=O) groups is 1. The van der Waals surface area contributed by atoms with Crippen molar-refractivity contribution in [2.45, 2.75) is 0 Å². The molecule has 1 heterocycles. The van der Waals surface area contributed by atoms with Gasteiger partial charge in [-0.15, -0.1) is 5.10 Å². The highest BCUT2D eigenvalue weighted by molar-refractivity contribution is 6.33. The van der Waals surface area contributed by atoms with Crippen molar-refractivity contribution in [3.05, 3.63) is 41.2 Å². The van der Waals surface area contributed by atoms with Crippen molar-refractivity contribution in [1.29, 1.82) is 0 Å². The van der Waals surface area contributed by atoms with Gasteiger partial charge in [0.2, 0.25) is 0 Å². The number of carboxylic acid groups (broad SMARTS) is 1. The van der Waals surface area contributed by atoms with Gasteiger partial charge < -0.3 is 10.2 Å². The number of aromatic nitrogens is 2. The van der Waals surface area contributed by atoms with Crippen LogP contribution in [0.1, 0.15) is 10.4 Å². The van der Waals surface area contributed by atoms with Crippen LogP contribution in [0.3, 0.4) is 0 Å². The summed E-state index contributed by atoms with van der Waals surface area (Å²) in [7, 11) is 0. The molecule has 0 aliphatic carbocycles. The van der Waals surface area contributed by atoms with Crippen LogP contribution in [0.2, 0.25) is 5.15 Å². The van der Waals surface area contributed by atoms with E-state index in [1.807, 2.05) is 0 Å². The first-order chi connectivity index (χ1) is 8.09. The molecule has 0 amide bonds. The van der Waals surface area contributed by atoms with E-state index in [9.17, 15) is 4.79 Å². The molecule has 86 valence electrons. The Bertz CT molecular complexity index is 569. The van der Waals surface area contributed by atoms with Crippen LogP contribution in [0.5, 0.6) is 5.75 Å². The van der Waals surface area contributed by atoms with Gasteiger partial charge in [-0.2, -0.15) is 5.10 Å². The molecule has 0 aliphatic rings. The van der Waals surface area contributed by atoms with Crippen molar-refractivity contribution < 1.29 is 15.0 Å². The van der Waals surface area contributed by atoms with Crippen LogP contribution in [0, 0.1) is 0 Å². The highest BCUT2D eigenvalue weighted by Crippen LogP contribution is 2.27. The lowest BCUT2D eigenvalue weighted by molar-refractivity contribution is 0.0697. The van der Waals surface area contributed by atoms with E-state index in [0.29, 0.717) is 11.1 Å². The first-order valence-corrected chi connectivity index (χ1v) is 5.01. The van der Waals surface area contributed by atoms with E-state index in [4.69, 9.17) is 21.8 Å².